The minimum absolute atomic E-state index is 0.0173. The maximum absolute atomic E-state index is 13.7. The maximum atomic E-state index is 13.7. The van der Waals surface area contributed by atoms with Crippen LogP contribution in [0, 0.1) is 23.0 Å². The number of aryl methyl sites for hydroxylation is 1. The lowest BCUT2D eigenvalue weighted by Gasteiger charge is -2.48. The molecule has 5 rings (SSSR count). The molecule has 0 amide bonds. The van der Waals surface area contributed by atoms with Crippen molar-refractivity contribution in [2.75, 3.05) is 18.0 Å². The topological polar surface area (TPSA) is 78.0 Å². The summed E-state index contributed by atoms with van der Waals surface area (Å²) in [6, 6.07) is 16.0. The zero-order valence-electron chi connectivity index (χ0n) is 20.8. The van der Waals surface area contributed by atoms with Crippen LogP contribution in [0.1, 0.15) is 36.8 Å². The van der Waals surface area contributed by atoms with E-state index in [1.165, 1.54) is 29.0 Å². The molecule has 4 aromatic rings. The van der Waals surface area contributed by atoms with Gasteiger partial charge in [-0.25, -0.2) is 13.8 Å². The standard InChI is InChI=1S/C28H26F2N6O/c1-17-16-36(28(19-4-6-20(29)7-5-19)23-10-8-21(30)14-32-23)18(2)15-35(17)25-12-26(37)34(3)24-11-9-22(13-31)33-27(24)25/h4-12,14,17-18,28H,15-16H2,1-3H3/t17-,18+,28?/m0/s1. The first-order valence-corrected chi connectivity index (χ1v) is 12.1. The predicted molar refractivity (Wildman–Crippen MR) is 137 cm³/mol. The summed E-state index contributed by atoms with van der Waals surface area (Å²) >= 11 is 0. The molecule has 0 bridgehead atoms. The van der Waals surface area contributed by atoms with Gasteiger partial charge in [-0.3, -0.25) is 14.7 Å². The molecule has 1 aromatic carbocycles. The van der Waals surface area contributed by atoms with E-state index >= 15 is 0 Å². The molecule has 0 radical (unpaired) electrons. The fraction of sp³-hybridized carbons (Fsp3) is 0.286. The SMILES string of the molecule is C[C@@H]1CN(c2cc(=O)n(C)c3ccc(C#N)nc23)[C@@H](C)CN1C(c1ccc(F)cc1)c1ccc(F)cn1. The number of fused-ring (bicyclic) bond motifs is 1. The van der Waals surface area contributed by atoms with E-state index in [0.29, 0.717) is 35.5 Å². The van der Waals surface area contributed by atoms with Crippen LogP contribution < -0.4 is 10.5 Å². The molecule has 1 fully saturated rings. The Hall–Kier alpha value is -4.16. The summed E-state index contributed by atoms with van der Waals surface area (Å²) in [5.74, 6) is -0.753. The van der Waals surface area contributed by atoms with Crippen LogP contribution in [0.5, 0.6) is 0 Å². The highest BCUT2D eigenvalue weighted by Gasteiger charge is 2.36. The van der Waals surface area contributed by atoms with Gasteiger partial charge in [0.05, 0.1) is 29.1 Å². The lowest BCUT2D eigenvalue weighted by atomic mass is 9.96. The predicted octanol–water partition coefficient (Wildman–Crippen LogP) is 4.17. The largest absolute Gasteiger partial charge is 0.364 e. The van der Waals surface area contributed by atoms with Gasteiger partial charge in [0.1, 0.15) is 28.9 Å². The Kier molecular flexibility index (Phi) is 6.44. The van der Waals surface area contributed by atoms with Gasteiger partial charge in [0.2, 0.25) is 0 Å². The minimum atomic E-state index is -0.422. The van der Waals surface area contributed by atoms with E-state index in [9.17, 15) is 18.8 Å². The quantitative estimate of drug-likeness (QED) is 0.419. The highest BCUT2D eigenvalue weighted by Crippen LogP contribution is 2.35. The Balaban J connectivity index is 1.55. The first-order chi connectivity index (χ1) is 17.8. The number of piperazine rings is 1. The average Bonchev–Trinajstić information content (AvgIpc) is 2.90. The second-order valence-electron chi connectivity index (χ2n) is 9.51. The lowest BCUT2D eigenvalue weighted by molar-refractivity contribution is 0.128. The molecule has 3 aromatic heterocycles. The van der Waals surface area contributed by atoms with Gasteiger partial charge in [0, 0.05) is 38.3 Å². The Labute approximate surface area is 213 Å². The van der Waals surface area contributed by atoms with Crippen LogP contribution in [0.15, 0.2) is 65.6 Å². The molecule has 9 heteroatoms. The maximum Gasteiger partial charge on any atom is 0.252 e. The van der Waals surface area contributed by atoms with Gasteiger partial charge in [0.15, 0.2) is 0 Å². The molecule has 7 nitrogen and oxygen atoms in total. The summed E-state index contributed by atoms with van der Waals surface area (Å²) in [4.78, 5) is 26.1. The summed E-state index contributed by atoms with van der Waals surface area (Å²) in [7, 11) is 1.69. The van der Waals surface area contributed by atoms with Gasteiger partial charge in [-0.2, -0.15) is 5.26 Å². The Morgan fingerprint density at radius 1 is 1.00 bits per heavy atom. The third kappa shape index (κ3) is 4.56. The van der Waals surface area contributed by atoms with Crippen molar-refractivity contribution in [3.63, 3.8) is 0 Å². The number of benzene rings is 1. The van der Waals surface area contributed by atoms with Gasteiger partial charge in [-0.1, -0.05) is 12.1 Å². The van der Waals surface area contributed by atoms with Crippen molar-refractivity contribution in [3.05, 3.63) is 99.7 Å². The molecule has 37 heavy (non-hydrogen) atoms. The Morgan fingerprint density at radius 2 is 1.73 bits per heavy atom. The third-order valence-corrected chi connectivity index (χ3v) is 7.07. The molecule has 0 spiro atoms. The van der Waals surface area contributed by atoms with Crippen LogP contribution in [0.2, 0.25) is 0 Å². The number of nitriles is 1. The summed E-state index contributed by atoms with van der Waals surface area (Å²) in [5, 5.41) is 9.41. The van der Waals surface area contributed by atoms with E-state index in [0.717, 1.165) is 5.56 Å². The van der Waals surface area contributed by atoms with Crippen LogP contribution in [-0.2, 0) is 7.05 Å². The zero-order valence-corrected chi connectivity index (χ0v) is 20.8. The number of rotatable bonds is 4. The fourth-order valence-corrected chi connectivity index (χ4v) is 5.17. The van der Waals surface area contributed by atoms with Gasteiger partial charge in [-0.15, -0.1) is 0 Å². The van der Waals surface area contributed by atoms with Crippen molar-refractivity contribution in [3.8, 4) is 6.07 Å². The van der Waals surface area contributed by atoms with E-state index < -0.39 is 5.82 Å². The molecule has 3 atom stereocenters. The molecule has 1 aliphatic heterocycles. The second kappa shape index (κ2) is 9.71. The highest BCUT2D eigenvalue weighted by atomic mass is 19.1. The number of halogens is 2. The summed E-state index contributed by atoms with van der Waals surface area (Å²) < 4.78 is 28.9. The number of nitrogens with zero attached hydrogens (tertiary/aromatic N) is 6. The normalized spacial score (nSPS) is 19.1. The molecule has 1 aliphatic rings. The molecule has 188 valence electrons. The Morgan fingerprint density at radius 3 is 2.41 bits per heavy atom. The molecule has 0 saturated carbocycles. The number of hydrogen-bond acceptors (Lipinski definition) is 6. The van der Waals surface area contributed by atoms with Crippen molar-refractivity contribution in [2.45, 2.75) is 32.0 Å². The van der Waals surface area contributed by atoms with Crippen molar-refractivity contribution in [1.29, 1.82) is 5.26 Å². The third-order valence-electron chi connectivity index (χ3n) is 7.07. The first-order valence-electron chi connectivity index (χ1n) is 12.1. The summed E-state index contributed by atoms with van der Waals surface area (Å²) in [5.41, 5.74) is 3.59. The van der Waals surface area contributed by atoms with E-state index in [1.807, 2.05) is 0 Å². The van der Waals surface area contributed by atoms with Crippen LogP contribution in [-0.4, -0.2) is 44.6 Å². The lowest BCUT2D eigenvalue weighted by Crippen LogP contribution is -2.57. The number of anilines is 1. The van der Waals surface area contributed by atoms with Crippen molar-refractivity contribution in [1.82, 2.24) is 19.4 Å². The van der Waals surface area contributed by atoms with Crippen LogP contribution >= 0.6 is 0 Å². The van der Waals surface area contributed by atoms with Gasteiger partial charge in [-0.05, 0) is 55.8 Å². The van der Waals surface area contributed by atoms with E-state index in [-0.39, 0.29) is 35.2 Å². The van der Waals surface area contributed by atoms with Crippen LogP contribution in [0.25, 0.3) is 11.0 Å². The van der Waals surface area contributed by atoms with E-state index in [1.54, 1.807) is 43.4 Å². The average molecular weight is 501 g/mol. The first kappa shape index (κ1) is 24.5. The monoisotopic (exact) mass is 500 g/mol. The molecule has 1 saturated heterocycles. The summed E-state index contributed by atoms with van der Waals surface area (Å²) in [6.07, 6.45) is 1.19. The second-order valence-corrected chi connectivity index (χ2v) is 9.51. The van der Waals surface area contributed by atoms with Crippen molar-refractivity contribution in [2.24, 2.45) is 7.05 Å². The molecular formula is C28H26F2N6O. The zero-order chi connectivity index (χ0) is 26.3. The minimum Gasteiger partial charge on any atom is -0.364 e. The highest BCUT2D eigenvalue weighted by molar-refractivity contribution is 5.89. The number of aromatic nitrogens is 3. The van der Waals surface area contributed by atoms with E-state index in [4.69, 9.17) is 0 Å². The van der Waals surface area contributed by atoms with Gasteiger partial charge >= 0.3 is 0 Å². The number of hydrogen-bond donors (Lipinski definition) is 0. The van der Waals surface area contributed by atoms with Crippen molar-refractivity contribution >= 4 is 16.7 Å². The Bertz CT molecular complexity index is 1500. The molecule has 0 N–H and O–H groups in total. The molecule has 4 heterocycles. The van der Waals surface area contributed by atoms with Crippen molar-refractivity contribution < 1.29 is 8.78 Å². The van der Waals surface area contributed by atoms with Crippen LogP contribution in [0.3, 0.4) is 0 Å². The number of pyridine rings is 3. The van der Waals surface area contributed by atoms with Gasteiger partial charge in [0.25, 0.3) is 5.56 Å². The van der Waals surface area contributed by atoms with Crippen LogP contribution in [0.4, 0.5) is 14.5 Å². The fourth-order valence-electron chi connectivity index (χ4n) is 5.17. The molecular weight excluding hydrogens is 474 g/mol. The summed E-state index contributed by atoms with van der Waals surface area (Å²) in [6.45, 7) is 5.31. The smallest absolute Gasteiger partial charge is 0.252 e. The van der Waals surface area contributed by atoms with Gasteiger partial charge < -0.3 is 9.47 Å². The van der Waals surface area contributed by atoms with E-state index in [2.05, 4.69) is 39.7 Å². The molecule has 0 aliphatic carbocycles. The molecule has 1 unspecified atom stereocenters.